The van der Waals surface area contributed by atoms with Gasteiger partial charge in [-0.3, -0.25) is 4.90 Å². The number of carbonyl (C=O) groups excluding carboxylic acids is 1. The topological polar surface area (TPSA) is 38.8 Å². The molecular weight excluding hydrogens is 410 g/mol. The summed E-state index contributed by atoms with van der Waals surface area (Å²) in [6.07, 6.45) is 1.31. The molecule has 0 radical (unpaired) electrons. The second-order valence-electron chi connectivity index (χ2n) is 5.90. The van der Waals surface area contributed by atoms with Crippen molar-refractivity contribution >= 4 is 25.8 Å². The van der Waals surface area contributed by atoms with E-state index in [0.29, 0.717) is 6.61 Å². The molecule has 1 aliphatic rings. The molecule has 0 unspecified atom stereocenters. The van der Waals surface area contributed by atoms with Crippen LogP contribution in [0.15, 0.2) is 0 Å². The third-order valence-corrected chi connectivity index (χ3v) is 2.70. The van der Waals surface area contributed by atoms with Crippen molar-refractivity contribution in [3.8, 4) is 0 Å². The van der Waals surface area contributed by atoms with Gasteiger partial charge < -0.3 is 16.4 Å². The molecular formula is C13H24INO3Zn. The van der Waals surface area contributed by atoms with Crippen molar-refractivity contribution in [2.75, 3.05) is 6.61 Å². The van der Waals surface area contributed by atoms with E-state index in [1.807, 2.05) is 34.6 Å². The average Bonchev–Trinajstić information content (AvgIpc) is 2.55. The molecule has 1 aliphatic heterocycles. The van der Waals surface area contributed by atoms with Gasteiger partial charge in [-0.05, 0) is 34.6 Å². The van der Waals surface area contributed by atoms with E-state index >= 15 is 0 Å². The van der Waals surface area contributed by atoms with Crippen LogP contribution in [0.3, 0.4) is 0 Å². The molecule has 0 saturated carbocycles. The van der Waals surface area contributed by atoms with Crippen LogP contribution in [0.5, 0.6) is 0 Å². The van der Waals surface area contributed by atoms with Crippen LogP contribution >= 0.6 is 19.8 Å². The molecule has 1 amide bonds. The van der Waals surface area contributed by atoms with Gasteiger partial charge in [0.2, 0.25) is 0 Å². The molecule has 108 valence electrons. The fourth-order valence-electron chi connectivity index (χ4n) is 2.01. The predicted molar refractivity (Wildman–Crippen MR) is 80.5 cm³/mol. The van der Waals surface area contributed by atoms with Crippen LogP contribution in [0.25, 0.3) is 0 Å². The standard InChI is InChI=1S/C13H24NO3.HI.Zn/c1-7-8-10-9-16-13(5,6)14(10)11(15)17-12(2,3)4;;/h10H,1,7-9H2,2-6H3;1H;/q-1;;+2/p-1/t10-;;/m0../s1. The molecule has 0 N–H and O–H groups in total. The quantitative estimate of drug-likeness (QED) is 0.376. The van der Waals surface area contributed by atoms with Crippen LogP contribution in [0.1, 0.15) is 47.5 Å². The summed E-state index contributed by atoms with van der Waals surface area (Å²) in [6.45, 7) is 13.8. The van der Waals surface area contributed by atoms with Crippen molar-refractivity contribution in [1.82, 2.24) is 4.90 Å². The first-order valence-electron chi connectivity index (χ1n) is 6.39. The zero-order chi connectivity index (χ0) is 15.3. The van der Waals surface area contributed by atoms with Gasteiger partial charge >= 0.3 is 40.6 Å². The first-order chi connectivity index (χ1) is 8.67. The van der Waals surface area contributed by atoms with Crippen LogP contribution in [0.2, 0.25) is 0 Å². The molecule has 0 aromatic rings. The SMILES string of the molecule is [CH2-]CC[C@H]1COC(C)(C)N1C(=O)OC(C)(C)C.[Zn+][I]. The molecule has 1 fully saturated rings. The van der Waals surface area contributed by atoms with Crippen molar-refractivity contribution < 1.29 is 29.1 Å². The van der Waals surface area contributed by atoms with Gasteiger partial charge in [-0.2, -0.15) is 6.42 Å². The summed E-state index contributed by atoms with van der Waals surface area (Å²) in [5, 5.41) is 0. The van der Waals surface area contributed by atoms with Gasteiger partial charge in [0, 0.05) is 0 Å². The van der Waals surface area contributed by atoms with Crippen molar-refractivity contribution in [2.24, 2.45) is 0 Å². The summed E-state index contributed by atoms with van der Waals surface area (Å²) < 4.78 is 11.1. The summed E-state index contributed by atoms with van der Waals surface area (Å²) in [4.78, 5) is 13.9. The first-order valence-corrected chi connectivity index (χ1v) is 15.4. The normalized spacial score (nSPS) is 21.7. The van der Waals surface area contributed by atoms with E-state index < -0.39 is 11.3 Å². The summed E-state index contributed by atoms with van der Waals surface area (Å²) in [6, 6.07) is 0.0670. The molecule has 1 atom stereocenters. The van der Waals surface area contributed by atoms with Crippen LogP contribution in [-0.2, 0) is 24.3 Å². The first kappa shape index (κ1) is 19.6. The molecule has 6 heteroatoms. The van der Waals surface area contributed by atoms with Gasteiger partial charge in [0.05, 0.1) is 12.6 Å². The number of ether oxygens (including phenoxy) is 2. The maximum atomic E-state index is 12.2. The van der Waals surface area contributed by atoms with Gasteiger partial charge in [0.25, 0.3) is 0 Å². The van der Waals surface area contributed by atoms with E-state index in [-0.39, 0.29) is 12.1 Å². The average molecular weight is 435 g/mol. The van der Waals surface area contributed by atoms with Gasteiger partial charge in [0.1, 0.15) is 11.3 Å². The van der Waals surface area contributed by atoms with Gasteiger partial charge in [-0.25, -0.2) is 4.79 Å². The number of hydrogen-bond acceptors (Lipinski definition) is 3. The fraction of sp³-hybridized carbons (Fsp3) is 0.846. The van der Waals surface area contributed by atoms with Crippen molar-refractivity contribution in [1.29, 1.82) is 0 Å². The summed E-state index contributed by atoms with van der Waals surface area (Å²) in [5.41, 5.74) is -1.08. The minimum absolute atomic E-state index is 0.0670. The van der Waals surface area contributed by atoms with Gasteiger partial charge in [-0.15, -0.1) is 0 Å². The van der Waals surface area contributed by atoms with E-state index in [1.165, 1.54) is 14.8 Å². The molecule has 4 nitrogen and oxygen atoms in total. The van der Waals surface area contributed by atoms with E-state index in [0.717, 1.165) is 12.8 Å². The number of amides is 1. The van der Waals surface area contributed by atoms with Gasteiger partial charge in [-0.1, -0.05) is 6.42 Å². The van der Waals surface area contributed by atoms with Gasteiger partial charge in [0.15, 0.2) is 0 Å². The Morgan fingerprint density at radius 1 is 1.53 bits per heavy atom. The Labute approximate surface area is 137 Å². The van der Waals surface area contributed by atoms with Crippen molar-refractivity contribution in [3.63, 3.8) is 0 Å². The molecule has 19 heavy (non-hydrogen) atoms. The second-order valence-corrected chi connectivity index (χ2v) is 5.90. The van der Waals surface area contributed by atoms with Crippen LogP contribution in [0, 0.1) is 6.92 Å². The Morgan fingerprint density at radius 2 is 2.05 bits per heavy atom. The summed E-state index contributed by atoms with van der Waals surface area (Å²) in [5.74, 6) is 0. The van der Waals surface area contributed by atoms with E-state index in [2.05, 4.69) is 26.7 Å². The molecule has 1 heterocycles. The van der Waals surface area contributed by atoms with Crippen LogP contribution in [-0.4, -0.2) is 35.0 Å². The second kappa shape index (κ2) is 8.13. The Morgan fingerprint density at radius 3 is 2.47 bits per heavy atom. The van der Waals surface area contributed by atoms with E-state index in [4.69, 9.17) is 9.47 Å². The Balaban J connectivity index is 0.00000154. The van der Waals surface area contributed by atoms with Crippen molar-refractivity contribution in [3.05, 3.63) is 6.92 Å². The fourth-order valence-corrected chi connectivity index (χ4v) is 2.01. The molecule has 0 aliphatic carbocycles. The third-order valence-electron chi connectivity index (χ3n) is 2.70. The zero-order valence-electron chi connectivity index (χ0n) is 12.7. The number of hydrogen-bond donors (Lipinski definition) is 0. The zero-order valence-corrected chi connectivity index (χ0v) is 17.8. The Kier molecular flexibility index (Phi) is 8.38. The van der Waals surface area contributed by atoms with E-state index in [1.54, 1.807) is 4.90 Å². The van der Waals surface area contributed by atoms with Crippen LogP contribution < -0.4 is 0 Å². The van der Waals surface area contributed by atoms with Crippen molar-refractivity contribution in [2.45, 2.75) is 64.8 Å². The number of nitrogens with zero attached hydrogens (tertiary/aromatic N) is 1. The Hall–Kier alpha value is 0.583. The maximum absolute atomic E-state index is 12.2. The minimum atomic E-state index is -0.595. The molecule has 0 spiro atoms. The molecule has 0 bridgehead atoms. The Bertz CT molecular complexity index is 292. The third kappa shape index (κ3) is 6.26. The predicted octanol–water partition coefficient (Wildman–Crippen LogP) is 3.86. The molecule has 0 aromatic carbocycles. The number of rotatable bonds is 2. The number of halogens is 1. The van der Waals surface area contributed by atoms with E-state index in [9.17, 15) is 4.79 Å². The summed E-state index contributed by atoms with van der Waals surface area (Å²) >= 11 is 3.62. The summed E-state index contributed by atoms with van der Waals surface area (Å²) in [7, 11) is 0. The molecule has 0 aromatic heterocycles. The molecule has 1 rings (SSSR count). The monoisotopic (exact) mass is 433 g/mol. The number of carbonyl (C=O) groups is 1. The molecule has 1 saturated heterocycles. The van der Waals surface area contributed by atoms with Crippen LogP contribution in [0.4, 0.5) is 4.79 Å².